The third-order valence-corrected chi connectivity index (χ3v) is 8.19. The summed E-state index contributed by atoms with van der Waals surface area (Å²) in [7, 11) is 2.73. The number of hydrogen-bond acceptors (Lipinski definition) is 6. The molecule has 0 heterocycles. The highest BCUT2D eigenvalue weighted by molar-refractivity contribution is 7.89. The summed E-state index contributed by atoms with van der Waals surface area (Å²) in [4.78, 5) is 12.7. The predicted octanol–water partition coefficient (Wildman–Crippen LogP) is 4.24. The molecule has 1 N–H and O–H groups in total. The summed E-state index contributed by atoms with van der Waals surface area (Å²) in [6.07, 6.45) is 5.80. The van der Waals surface area contributed by atoms with E-state index in [1.807, 2.05) is 12.1 Å². The Labute approximate surface area is 202 Å². The van der Waals surface area contributed by atoms with Gasteiger partial charge in [-0.3, -0.25) is 4.79 Å². The van der Waals surface area contributed by atoms with Gasteiger partial charge in [-0.1, -0.05) is 19.3 Å². The van der Waals surface area contributed by atoms with Gasteiger partial charge in [0.1, 0.15) is 0 Å². The van der Waals surface area contributed by atoms with Gasteiger partial charge in [0.05, 0.1) is 26.2 Å². The third-order valence-electron chi connectivity index (χ3n) is 6.27. The molecule has 34 heavy (non-hydrogen) atoms. The van der Waals surface area contributed by atoms with Gasteiger partial charge in [0.25, 0.3) is 0 Å². The lowest BCUT2D eigenvalue weighted by Crippen LogP contribution is -2.38. The lowest BCUT2D eigenvalue weighted by Gasteiger charge is -2.30. The molecule has 8 nitrogen and oxygen atoms in total. The number of nitrogens with one attached hydrogen (secondary N) is 1. The largest absolute Gasteiger partial charge is 0.493 e. The summed E-state index contributed by atoms with van der Waals surface area (Å²) in [6, 6.07) is 10.0. The second-order valence-corrected chi connectivity index (χ2v) is 10.4. The maximum absolute atomic E-state index is 13.0. The molecule has 1 amide bonds. The number of amides is 1. The zero-order valence-electron chi connectivity index (χ0n) is 20.3. The van der Waals surface area contributed by atoms with E-state index in [9.17, 15) is 13.2 Å². The molecule has 0 aliphatic heterocycles. The minimum absolute atomic E-state index is 0.0494. The van der Waals surface area contributed by atoms with Crippen LogP contribution in [0.5, 0.6) is 17.2 Å². The van der Waals surface area contributed by atoms with Crippen molar-refractivity contribution in [2.24, 2.45) is 0 Å². The van der Waals surface area contributed by atoms with Crippen LogP contribution >= 0.6 is 0 Å². The maximum Gasteiger partial charge on any atom is 0.243 e. The Morgan fingerprint density at radius 3 is 2.09 bits per heavy atom. The number of anilines is 1. The van der Waals surface area contributed by atoms with Crippen LogP contribution in [-0.4, -0.2) is 53.0 Å². The topological polar surface area (TPSA) is 94.2 Å². The summed E-state index contributed by atoms with van der Waals surface area (Å²) >= 11 is 0. The smallest absolute Gasteiger partial charge is 0.243 e. The standard InChI is InChI=1S/C25H34N2O6S/c1-27(20-8-6-5-7-9-20)34(29,30)21-13-11-19(12-14-21)26-24(28)15-10-18-16-22(31-2)25(33-4)23(17-18)32-3/h11-14,16-17,20H,5-10,15H2,1-4H3,(H,26,28). The van der Waals surface area contributed by atoms with Gasteiger partial charge in [-0.2, -0.15) is 4.31 Å². The Hall–Kier alpha value is -2.78. The van der Waals surface area contributed by atoms with Crippen LogP contribution < -0.4 is 19.5 Å². The summed E-state index contributed by atoms with van der Waals surface area (Å²) in [5.41, 5.74) is 1.42. The van der Waals surface area contributed by atoms with Gasteiger partial charge in [0, 0.05) is 25.2 Å². The summed E-state index contributed by atoms with van der Waals surface area (Å²) in [6.45, 7) is 0. The number of methoxy groups -OCH3 is 3. The number of benzene rings is 2. The minimum atomic E-state index is -3.56. The molecule has 0 atom stereocenters. The zero-order valence-corrected chi connectivity index (χ0v) is 21.1. The zero-order chi connectivity index (χ0) is 24.7. The van der Waals surface area contributed by atoms with Gasteiger partial charge >= 0.3 is 0 Å². The fraction of sp³-hybridized carbons (Fsp3) is 0.480. The molecule has 0 aromatic heterocycles. The van der Waals surface area contributed by atoms with Gasteiger partial charge in [0.15, 0.2) is 11.5 Å². The number of nitrogens with zero attached hydrogens (tertiary/aromatic N) is 1. The van der Waals surface area contributed by atoms with E-state index in [1.165, 1.54) is 17.8 Å². The Bertz CT molecular complexity index is 1050. The molecule has 1 fully saturated rings. The van der Waals surface area contributed by atoms with Crippen molar-refractivity contribution in [3.8, 4) is 17.2 Å². The number of aryl methyl sites for hydroxylation is 1. The quantitative estimate of drug-likeness (QED) is 0.536. The van der Waals surface area contributed by atoms with Crippen molar-refractivity contribution in [2.75, 3.05) is 33.7 Å². The molecular weight excluding hydrogens is 456 g/mol. The molecular formula is C25H34N2O6S. The van der Waals surface area contributed by atoms with Crippen LogP contribution in [0.25, 0.3) is 0 Å². The average Bonchev–Trinajstić information content (AvgIpc) is 2.87. The molecule has 186 valence electrons. The van der Waals surface area contributed by atoms with Crippen molar-refractivity contribution in [2.45, 2.75) is 55.9 Å². The lowest BCUT2D eigenvalue weighted by atomic mass is 9.96. The third kappa shape index (κ3) is 6.01. The number of hydrogen-bond donors (Lipinski definition) is 1. The van der Waals surface area contributed by atoms with Gasteiger partial charge in [-0.25, -0.2) is 8.42 Å². The molecule has 1 saturated carbocycles. The molecule has 1 aliphatic carbocycles. The van der Waals surface area contributed by atoms with E-state index in [2.05, 4.69) is 5.32 Å². The SMILES string of the molecule is COc1cc(CCC(=O)Nc2ccc(S(=O)(=O)N(C)C3CCCCC3)cc2)cc(OC)c1OC. The number of sulfonamides is 1. The predicted molar refractivity (Wildman–Crippen MR) is 131 cm³/mol. The van der Waals surface area contributed by atoms with Crippen molar-refractivity contribution in [3.63, 3.8) is 0 Å². The van der Waals surface area contributed by atoms with E-state index in [-0.39, 0.29) is 23.3 Å². The molecule has 0 spiro atoms. The lowest BCUT2D eigenvalue weighted by molar-refractivity contribution is -0.116. The van der Waals surface area contributed by atoms with Crippen LogP contribution in [0.1, 0.15) is 44.1 Å². The molecule has 0 unspecified atom stereocenters. The van der Waals surface area contributed by atoms with Crippen LogP contribution in [-0.2, 0) is 21.2 Å². The second kappa shape index (κ2) is 11.6. The van der Waals surface area contributed by atoms with Crippen LogP contribution in [0, 0.1) is 0 Å². The van der Waals surface area contributed by atoms with Gasteiger partial charge in [0.2, 0.25) is 21.7 Å². The van der Waals surface area contributed by atoms with Gasteiger partial charge in [-0.05, 0) is 61.2 Å². The molecule has 2 aromatic rings. The number of carbonyl (C=O) groups is 1. The van der Waals surface area contributed by atoms with Crippen molar-refractivity contribution in [3.05, 3.63) is 42.0 Å². The molecule has 9 heteroatoms. The normalized spacial score (nSPS) is 14.6. The van der Waals surface area contributed by atoms with Crippen molar-refractivity contribution < 1.29 is 27.4 Å². The summed E-state index contributed by atoms with van der Waals surface area (Å²) in [5.74, 6) is 1.39. The Morgan fingerprint density at radius 1 is 0.971 bits per heavy atom. The van der Waals surface area contributed by atoms with E-state index < -0.39 is 10.0 Å². The van der Waals surface area contributed by atoms with E-state index in [4.69, 9.17) is 14.2 Å². The van der Waals surface area contributed by atoms with Crippen LogP contribution in [0.4, 0.5) is 5.69 Å². The highest BCUT2D eigenvalue weighted by Crippen LogP contribution is 2.38. The molecule has 1 aliphatic rings. The Balaban J connectivity index is 1.61. The van der Waals surface area contributed by atoms with Gasteiger partial charge < -0.3 is 19.5 Å². The first-order valence-corrected chi connectivity index (χ1v) is 12.9. The fourth-order valence-electron chi connectivity index (χ4n) is 4.28. The Morgan fingerprint density at radius 2 is 1.56 bits per heavy atom. The van der Waals surface area contributed by atoms with Crippen LogP contribution in [0.15, 0.2) is 41.3 Å². The van der Waals surface area contributed by atoms with E-state index >= 15 is 0 Å². The van der Waals surface area contributed by atoms with E-state index in [0.29, 0.717) is 29.4 Å². The first-order valence-electron chi connectivity index (χ1n) is 11.5. The highest BCUT2D eigenvalue weighted by Gasteiger charge is 2.29. The fourth-order valence-corrected chi connectivity index (χ4v) is 5.69. The van der Waals surface area contributed by atoms with Crippen LogP contribution in [0.2, 0.25) is 0 Å². The second-order valence-electron chi connectivity index (χ2n) is 8.42. The molecule has 0 saturated heterocycles. The van der Waals surface area contributed by atoms with E-state index in [0.717, 1.165) is 31.2 Å². The molecule has 3 rings (SSSR count). The minimum Gasteiger partial charge on any atom is -0.493 e. The number of carbonyl (C=O) groups excluding carboxylic acids is 1. The summed E-state index contributed by atoms with van der Waals surface area (Å²) < 4.78 is 43.5. The highest BCUT2D eigenvalue weighted by atomic mass is 32.2. The molecule has 0 radical (unpaired) electrons. The Kier molecular flexibility index (Phi) is 8.79. The molecule has 0 bridgehead atoms. The van der Waals surface area contributed by atoms with Crippen molar-refractivity contribution in [1.29, 1.82) is 0 Å². The first kappa shape index (κ1) is 25.8. The molecule has 2 aromatic carbocycles. The average molecular weight is 491 g/mol. The first-order chi connectivity index (χ1) is 16.3. The monoisotopic (exact) mass is 490 g/mol. The summed E-state index contributed by atoms with van der Waals surface area (Å²) in [5, 5.41) is 2.83. The van der Waals surface area contributed by atoms with Crippen molar-refractivity contribution >= 4 is 21.6 Å². The number of rotatable bonds is 10. The van der Waals surface area contributed by atoms with Gasteiger partial charge in [-0.15, -0.1) is 0 Å². The maximum atomic E-state index is 13.0. The van der Waals surface area contributed by atoms with Crippen LogP contribution in [0.3, 0.4) is 0 Å². The van der Waals surface area contributed by atoms with E-state index in [1.54, 1.807) is 45.5 Å². The number of ether oxygens (including phenoxy) is 3. The van der Waals surface area contributed by atoms with Crippen molar-refractivity contribution in [1.82, 2.24) is 4.31 Å².